The molecule has 0 bridgehead atoms. The Hall–Kier alpha value is -2.40. The fourth-order valence-corrected chi connectivity index (χ4v) is 4.41. The second-order valence-electron chi connectivity index (χ2n) is 6.61. The third-order valence-corrected chi connectivity index (χ3v) is 5.97. The van der Waals surface area contributed by atoms with E-state index in [1.54, 1.807) is 6.33 Å². The minimum atomic E-state index is -0.220. The van der Waals surface area contributed by atoms with Gasteiger partial charge in [0, 0.05) is 5.39 Å². The second kappa shape index (κ2) is 7.46. The summed E-state index contributed by atoms with van der Waals surface area (Å²) in [6, 6.07) is 16.4. The van der Waals surface area contributed by atoms with Crippen LogP contribution in [0.3, 0.4) is 0 Å². The lowest BCUT2D eigenvalue weighted by atomic mass is 9.88. The van der Waals surface area contributed by atoms with E-state index in [-0.39, 0.29) is 17.2 Å². The van der Waals surface area contributed by atoms with Gasteiger partial charge in [0.1, 0.15) is 11.4 Å². The van der Waals surface area contributed by atoms with Crippen molar-refractivity contribution in [2.45, 2.75) is 42.5 Å². The fraction of sp³-hybridized carbons (Fsp3) is 0.286. The highest BCUT2D eigenvalue weighted by Crippen LogP contribution is 2.31. The molecule has 4 nitrogen and oxygen atoms in total. The van der Waals surface area contributed by atoms with Crippen molar-refractivity contribution in [1.29, 1.82) is 0 Å². The number of carbonyl (C=O) groups is 1. The van der Waals surface area contributed by atoms with Crippen molar-refractivity contribution in [2.24, 2.45) is 0 Å². The maximum absolute atomic E-state index is 12.8. The lowest BCUT2D eigenvalue weighted by molar-refractivity contribution is -0.121. The zero-order valence-electron chi connectivity index (χ0n) is 14.7. The summed E-state index contributed by atoms with van der Waals surface area (Å²) in [5, 5.41) is 4.86. The number of hydrogen-bond acceptors (Lipinski definition) is 4. The molecule has 0 saturated carbocycles. The van der Waals surface area contributed by atoms with Crippen LogP contribution in [0.25, 0.3) is 10.9 Å². The van der Waals surface area contributed by atoms with Crippen LogP contribution in [0, 0.1) is 0 Å². The van der Waals surface area contributed by atoms with Gasteiger partial charge >= 0.3 is 0 Å². The molecule has 0 spiro atoms. The molecule has 2 atom stereocenters. The first-order valence-electron chi connectivity index (χ1n) is 8.97. The molecule has 1 aromatic heterocycles. The van der Waals surface area contributed by atoms with Crippen molar-refractivity contribution >= 4 is 28.6 Å². The largest absolute Gasteiger partial charge is 0.348 e. The first-order chi connectivity index (χ1) is 12.7. The molecule has 4 rings (SSSR count). The monoisotopic (exact) mass is 363 g/mol. The Labute approximate surface area is 157 Å². The van der Waals surface area contributed by atoms with Crippen LogP contribution in [0.1, 0.15) is 36.9 Å². The highest BCUT2D eigenvalue weighted by atomic mass is 32.2. The molecule has 1 aliphatic rings. The summed E-state index contributed by atoms with van der Waals surface area (Å²) in [6.07, 6.45) is 4.77. The normalized spacial score (nSPS) is 17.5. The number of aryl methyl sites for hydroxylation is 1. The molecule has 0 saturated heterocycles. The van der Waals surface area contributed by atoms with Crippen molar-refractivity contribution in [2.75, 3.05) is 0 Å². The quantitative estimate of drug-likeness (QED) is 0.554. The summed E-state index contributed by atoms with van der Waals surface area (Å²) < 4.78 is 0. The molecule has 0 radical (unpaired) electrons. The van der Waals surface area contributed by atoms with E-state index in [9.17, 15) is 4.79 Å². The minimum absolute atomic E-state index is 0.0550. The summed E-state index contributed by atoms with van der Waals surface area (Å²) in [7, 11) is 0. The van der Waals surface area contributed by atoms with Crippen molar-refractivity contribution < 1.29 is 4.79 Å². The van der Waals surface area contributed by atoms with E-state index in [1.807, 2.05) is 31.2 Å². The fourth-order valence-electron chi connectivity index (χ4n) is 3.49. The number of thioether (sulfide) groups is 1. The number of benzene rings is 2. The molecule has 1 amide bonds. The number of amides is 1. The van der Waals surface area contributed by atoms with Crippen LogP contribution in [0.15, 0.2) is 59.9 Å². The van der Waals surface area contributed by atoms with Crippen molar-refractivity contribution in [3.05, 3.63) is 66.0 Å². The number of aromatic nitrogens is 2. The van der Waals surface area contributed by atoms with Gasteiger partial charge in [-0.25, -0.2) is 9.97 Å². The van der Waals surface area contributed by atoms with E-state index in [0.29, 0.717) is 0 Å². The van der Waals surface area contributed by atoms with Crippen LogP contribution >= 0.6 is 11.8 Å². The number of nitrogens with zero attached hydrogens (tertiary/aromatic N) is 2. The maximum Gasteiger partial charge on any atom is 0.233 e. The molecule has 132 valence electrons. The number of nitrogens with one attached hydrogen (secondary N) is 1. The predicted molar refractivity (Wildman–Crippen MR) is 105 cm³/mol. The average molecular weight is 363 g/mol. The molecular formula is C21H21N3OS. The smallest absolute Gasteiger partial charge is 0.233 e. The van der Waals surface area contributed by atoms with Crippen LogP contribution in [0.2, 0.25) is 0 Å². The zero-order chi connectivity index (χ0) is 17.9. The molecule has 26 heavy (non-hydrogen) atoms. The molecule has 1 N–H and O–H groups in total. The Kier molecular flexibility index (Phi) is 4.89. The van der Waals surface area contributed by atoms with E-state index < -0.39 is 0 Å². The van der Waals surface area contributed by atoms with Gasteiger partial charge in [0.25, 0.3) is 0 Å². The van der Waals surface area contributed by atoms with Gasteiger partial charge in [-0.2, -0.15) is 0 Å². The first kappa shape index (κ1) is 17.0. The van der Waals surface area contributed by atoms with E-state index in [4.69, 9.17) is 0 Å². The van der Waals surface area contributed by atoms with Gasteiger partial charge in [-0.05, 0) is 43.4 Å². The second-order valence-corrected chi connectivity index (χ2v) is 7.94. The van der Waals surface area contributed by atoms with Crippen LogP contribution in [-0.4, -0.2) is 21.1 Å². The highest BCUT2D eigenvalue weighted by molar-refractivity contribution is 8.00. The molecule has 0 unspecified atom stereocenters. The van der Waals surface area contributed by atoms with Gasteiger partial charge < -0.3 is 5.32 Å². The average Bonchev–Trinajstić information content (AvgIpc) is 2.68. The molecule has 3 aromatic rings. The molecule has 1 heterocycles. The Balaban J connectivity index is 1.49. The van der Waals surface area contributed by atoms with Crippen LogP contribution in [0.5, 0.6) is 0 Å². The van der Waals surface area contributed by atoms with Gasteiger partial charge in [-0.15, -0.1) is 0 Å². The predicted octanol–water partition coefficient (Wildman–Crippen LogP) is 4.30. The van der Waals surface area contributed by atoms with Gasteiger partial charge in [-0.1, -0.05) is 54.2 Å². The highest BCUT2D eigenvalue weighted by Gasteiger charge is 2.24. The molecule has 2 aromatic carbocycles. The lowest BCUT2D eigenvalue weighted by Gasteiger charge is -2.27. The first-order valence-corrected chi connectivity index (χ1v) is 9.85. The number of carbonyl (C=O) groups excluding carboxylic acids is 1. The summed E-state index contributed by atoms with van der Waals surface area (Å²) in [5.74, 6) is 0.0550. The summed E-state index contributed by atoms with van der Waals surface area (Å²) >= 11 is 1.49. The Morgan fingerprint density at radius 3 is 2.88 bits per heavy atom. The number of fused-ring (bicyclic) bond motifs is 2. The molecule has 0 fully saturated rings. The van der Waals surface area contributed by atoms with Crippen LogP contribution < -0.4 is 5.32 Å². The summed E-state index contributed by atoms with van der Waals surface area (Å²) in [4.78, 5) is 21.5. The number of hydrogen-bond donors (Lipinski definition) is 1. The topological polar surface area (TPSA) is 54.9 Å². The molecular weight excluding hydrogens is 342 g/mol. The Bertz CT molecular complexity index is 938. The van der Waals surface area contributed by atoms with E-state index >= 15 is 0 Å². The van der Waals surface area contributed by atoms with Gasteiger partial charge in [0.2, 0.25) is 5.91 Å². The number of rotatable bonds is 4. The third-order valence-electron chi connectivity index (χ3n) is 4.85. The Morgan fingerprint density at radius 1 is 1.15 bits per heavy atom. The maximum atomic E-state index is 12.8. The van der Waals surface area contributed by atoms with Crippen molar-refractivity contribution in [3.63, 3.8) is 0 Å². The van der Waals surface area contributed by atoms with E-state index in [2.05, 4.69) is 39.6 Å². The van der Waals surface area contributed by atoms with Gasteiger partial charge in [0.15, 0.2) is 0 Å². The Morgan fingerprint density at radius 2 is 1.96 bits per heavy atom. The summed E-state index contributed by atoms with van der Waals surface area (Å²) in [6.45, 7) is 1.94. The standard InChI is InChI=1S/C21H21N3OS/c1-14(26-21-17-10-4-5-11-18(17)22-13-23-21)20(25)24-19-12-6-8-15-7-2-3-9-16(15)19/h2-5,7,9-11,13-14,19H,6,8,12H2,1H3,(H,24,25)/t14-,19-/m1/s1. The summed E-state index contributed by atoms with van der Waals surface area (Å²) in [5.41, 5.74) is 3.52. The number of para-hydroxylation sites is 1. The zero-order valence-corrected chi connectivity index (χ0v) is 15.5. The lowest BCUT2D eigenvalue weighted by Crippen LogP contribution is -2.35. The molecule has 1 aliphatic carbocycles. The van der Waals surface area contributed by atoms with E-state index in [0.717, 1.165) is 35.2 Å². The van der Waals surface area contributed by atoms with Gasteiger partial charge in [-0.3, -0.25) is 4.79 Å². The van der Waals surface area contributed by atoms with E-state index in [1.165, 1.54) is 22.9 Å². The molecule has 0 aliphatic heterocycles. The van der Waals surface area contributed by atoms with Crippen molar-refractivity contribution in [1.82, 2.24) is 15.3 Å². The minimum Gasteiger partial charge on any atom is -0.348 e. The van der Waals surface area contributed by atoms with Crippen LogP contribution in [0.4, 0.5) is 0 Å². The van der Waals surface area contributed by atoms with Crippen LogP contribution in [-0.2, 0) is 11.2 Å². The van der Waals surface area contributed by atoms with Gasteiger partial charge in [0.05, 0.1) is 16.8 Å². The van der Waals surface area contributed by atoms with Crippen molar-refractivity contribution in [3.8, 4) is 0 Å². The SMILES string of the molecule is C[C@@H](Sc1ncnc2ccccc12)C(=O)N[C@@H]1CCCc2ccccc21. The third kappa shape index (κ3) is 3.44. The molecule has 5 heteroatoms.